The maximum absolute atomic E-state index is 12.9. The summed E-state index contributed by atoms with van der Waals surface area (Å²) in [4.78, 5) is 38.7. The molecule has 3 aromatic rings. The summed E-state index contributed by atoms with van der Waals surface area (Å²) in [7, 11) is 1.54. The molecule has 0 saturated carbocycles. The van der Waals surface area contributed by atoms with Gasteiger partial charge in [0.05, 0.1) is 24.8 Å². The summed E-state index contributed by atoms with van der Waals surface area (Å²) in [6.45, 7) is 3.65. The molecular weight excluding hydrogens is 486 g/mol. The van der Waals surface area contributed by atoms with E-state index < -0.39 is 6.09 Å². The number of piperidine rings is 1. The van der Waals surface area contributed by atoms with Crippen LogP contribution in [0.4, 0.5) is 10.6 Å². The van der Waals surface area contributed by atoms with Gasteiger partial charge in [0, 0.05) is 50.0 Å². The van der Waals surface area contributed by atoms with Crippen molar-refractivity contribution in [3.8, 4) is 11.8 Å². The van der Waals surface area contributed by atoms with E-state index in [1.165, 1.54) is 13.3 Å². The van der Waals surface area contributed by atoms with E-state index in [-0.39, 0.29) is 17.6 Å². The molecule has 12 nitrogen and oxygen atoms in total. The molecule has 0 radical (unpaired) electrons. The van der Waals surface area contributed by atoms with Gasteiger partial charge in [0.15, 0.2) is 11.5 Å². The molecule has 3 aliphatic rings. The van der Waals surface area contributed by atoms with Gasteiger partial charge in [-0.25, -0.2) is 9.78 Å². The van der Waals surface area contributed by atoms with Crippen molar-refractivity contribution < 1.29 is 19.0 Å². The van der Waals surface area contributed by atoms with Crippen molar-refractivity contribution >= 4 is 34.8 Å². The minimum atomic E-state index is -0.415. The minimum Gasteiger partial charge on any atom is -0.481 e. The quantitative estimate of drug-likeness (QED) is 0.494. The number of hydrogen-bond acceptors (Lipinski definition) is 11. The predicted molar refractivity (Wildman–Crippen MR) is 131 cm³/mol. The van der Waals surface area contributed by atoms with E-state index in [9.17, 15) is 9.59 Å². The molecule has 0 N–H and O–H groups in total. The first-order valence-electron chi connectivity index (χ1n) is 11.8. The van der Waals surface area contributed by atoms with E-state index in [0.717, 1.165) is 23.6 Å². The summed E-state index contributed by atoms with van der Waals surface area (Å²) in [6, 6.07) is 5.36. The molecule has 0 aliphatic carbocycles. The second-order valence-corrected chi connectivity index (χ2v) is 10.0. The Morgan fingerprint density at radius 3 is 3.00 bits per heavy atom. The van der Waals surface area contributed by atoms with Crippen LogP contribution in [-0.4, -0.2) is 87.5 Å². The maximum Gasteiger partial charge on any atom is 0.415 e. The number of amides is 1. The molecule has 2 fully saturated rings. The average Bonchev–Trinajstić information content (AvgIpc) is 2.91. The van der Waals surface area contributed by atoms with Gasteiger partial charge < -0.3 is 14.2 Å². The standard InChI is InChI=1S/C23H25N7O5S/c1-33-19-3-2-15-21(25-19)29(20(31)11-24-15)7-6-28-5-4-14-12-30(23(32)35-16(14)13-28)18-10-17-22(27-26-18)34-8-9-36-17/h2-3,10-11,14,16H,4-9,12-13H2,1H3/t14-,16?/m1/s1. The number of methoxy groups -OCH3 is 1. The molecule has 0 bridgehead atoms. The highest BCUT2D eigenvalue weighted by molar-refractivity contribution is 7.99. The van der Waals surface area contributed by atoms with Crippen molar-refractivity contribution in [1.29, 1.82) is 0 Å². The SMILES string of the molecule is COc1ccc2ncc(=O)n(CCN3CC[C@@H]4CN(c5cc6c(nn5)OCCS6)C(=O)OC4C3)c2n1. The van der Waals surface area contributed by atoms with Gasteiger partial charge in [-0.2, -0.15) is 4.98 Å². The first-order valence-corrected chi connectivity index (χ1v) is 12.8. The number of hydrogen-bond donors (Lipinski definition) is 0. The van der Waals surface area contributed by atoms with Gasteiger partial charge in [0.25, 0.3) is 5.56 Å². The Morgan fingerprint density at radius 2 is 2.11 bits per heavy atom. The number of aromatic nitrogens is 5. The fourth-order valence-corrected chi connectivity index (χ4v) is 5.63. The van der Waals surface area contributed by atoms with Gasteiger partial charge in [0.2, 0.25) is 11.8 Å². The van der Waals surface area contributed by atoms with E-state index in [0.29, 0.717) is 61.5 Å². The van der Waals surface area contributed by atoms with E-state index in [1.807, 2.05) is 6.07 Å². The lowest BCUT2D eigenvalue weighted by atomic mass is 9.92. The number of thioether (sulfide) groups is 1. The van der Waals surface area contributed by atoms with Crippen LogP contribution < -0.4 is 19.9 Å². The number of nitrogens with zero attached hydrogens (tertiary/aromatic N) is 7. The number of pyridine rings is 1. The van der Waals surface area contributed by atoms with Gasteiger partial charge >= 0.3 is 6.09 Å². The molecule has 6 heterocycles. The van der Waals surface area contributed by atoms with Crippen LogP contribution in [0.3, 0.4) is 0 Å². The Morgan fingerprint density at radius 1 is 1.19 bits per heavy atom. The second kappa shape index (κ2) is 9.54. The summed E-state index contributed by atoms with van der Waals surface area (Å²) in [5.74, 6) is 2.47. The van der Waals surface area contributed by atoms with E-state index in [2.05, 4.69) is 25.1 Å². The van der Waals surface area contributed by atoms with Crippen LogP contribution in [0.25, 0.3) is 11.2 Å². The average molecular weight is 512 g/mol. The zero-order valence-electron chi connectivity index (χ0n) is 19.7. The Bertz CT molecular complexity index is 1370. The molecular formula is C23H25N7O5S. The number of carbonyl (C=O) groups excluding carboxylic acids is 1. The summed E-state index contributed by atoms with van der Waals surface area (Å²) in [5, 5.41) is 8.34. The van der Waals surface area contributed by atoms with Crippen molar-refractivity contribution in [3.05, 3.63) is 34.7 Å². The normalized spacial score (nSPS) is 21.9. The topological polar surface area (TPSA) is 125 Å². The molecule has 188 valence electrons. The van der Waals surface area contributed by atoms with Crippen molar-refractivity contribution in [2.75, 3.05) is 50.5 Å². The number of likely N-dealkylation sites (tertiary alicyclic amines) is 1. The largest absolute Gasteiger partial charge is 0.481 e. The molecule has 1 unspecified atom stereocenters. The van der Waals surface area contributed by atoms with E-state index in [1.54, 1.807) is 33.4 Å². The van der Waals surface area contributed by atoms with Gasteiger partial charge in [0.1, 0.15) is 11.6 Å². The number of carbonyl (C=O) groups is 1. The Balaban J connectivity index is 1.12. The van der Waals surface area contributed by atoms with Crippen molar-refractivity contribution in [2.45, 2.75) is 24.0 Å². The summed E-state index contributed by atoms with van der Waals surface area (Å²) in [6.07, 6.45) is 1.55. The fraction of sp³-hybridized carbons (Fsp3) is 0.478. The molecule has 36 heavy (non-hydrogen) atoms. The van der Waals surface area contributed by atoms with Crippen LogP contribution in [0.1, 0.15) is 6.42 Å². The van der Waals surface area contributed by atoms with Gasteiger partial charge in [-0.3, -0.25) is 19.2 Å². The highest BCUT2D eigenvalue weighted by atomic mass is 32.2. The summed E-state index contributed by atoms with van der Waals surface area (Å²) < 4.78 is 18.2. The molecule has 0 aromatic carbocycles. The lowest BCUT2D eigenvalue weighted by molar-refractivity contribution is -0.00779. The highest BCUT2D eigenvalue weighted by Crippen LogP contribution is 2.35. The maximum atomic E-state index is 12.9. The number of rotatable bonds is 5. The molecule has 6 rings (SSSR count). The van der Waals surface area contributed by atoms with Crippen LogP contribution in [0.5, 0.6) is 11.8 Å². The summed E-state index contributed by atoms with van der Waals surface area (Å²) >= 11 is 1.65. The number of anilines is 1. The van der Waals surface area contributed by atoms with Gasteiger partial charge in [-0.05, 0) is 19.0 Å². The third-order valence-corrected chi connectivity index (χ3v) is 7.73. The van der Waals surface area contributed by atoms with Crippen molar-refractivity contribution in [3.63, 3.8) is 0 Å². The van der Waals surface area contributed by atoms with E-state index in [4.69, 9.17) is 14.2 Å². The Kier molecular flexibility index (Phi) is 6.09. The molecule has 0 spiro atoms. The van der Waals surface area contributed by atoms with Crippen molar-refractivity contribution in [1.82, 2.24) is 29.6 Å². The molecule has 1 amide bonds. The van der Waals surface area contributed by atoms with Gasteiger partial charge in [-0.15, -0.1) is 22.0 Å². The predicted octanol–water partition coefficient (Wildman–Crippen LogP) is 1.42. The first-order chi connectivity index (χ1) is 17.6. The third-order valence-electron chi connectivity index (χ3n) is 6.75. The second-order valence-electron chi connectivity index (χ2n) is 8.90. The molecule has 2 saturated heterocycles. The lowest BCUT2D eigenvalue weighted by Crippen LogP contribution is -2.56. The number of ether oxygens (including phenoxy) is 3. The van der Waals surface area contributed by atoms with Crippen LogP contribution in [0.2, 0.25) is 0 Å². The Hall–Kier alpha value is -3.45. The van der Waals surface area contributed by atoms with Crippen LogP contribution in [-0.2, 0) is 11.3 Å². The third kappa shape index (κ3) is 4.32. The van der Waals surface area contributed by atoms with E-state index >= 15 is 0 Å². The highest BCUT2D eigenvalue weighted by Gasteiger charge is 2.40. The zero-order valence-corrected chi connectivity index (χ0v) is 20.5. The smallest absolute Gasteiger partial charge is 0.415 e. The first kappa shape index (κ1) is 23.0. The monoisotopic (exact) mass is 511 g/mol. The fourth-order valence-electron chi connectivity index (χ4n) is 4.84. The molecule has 13 heteroatoms. The number of fused-ring (bicyclic) bond motifs is 3. The van der Waals surface area contributed by atoms with Gasteiger partial charge in [-0.1, -0.05) is 0 Å². The van der Waals surface area contributed by atoms with Crippen LogP contribution in [0.15, 0.2) is 34.1 Å². The minimum absolute atomic E-state index is 0.191. The zero-order chi connectivity index (χ0) is 24.6. The molecule has 3 aromatic heterocycles. The van der Waals surface area contributed by atoms with Crippen LogP contribution >= 0.6 is 11.8 Å². The molecule has 3 aliphatic heterocycles. The van der Waals surface area contributed by atoms with Crippen LogP contribution in [0, 0.1) is 5.92 Å². The van der Waals surface area contributed by atoms with Crippen molar-refractivity contribution in [2.24, 2.45) is 5.92 Å². The summed E-state index contributed by atoms with van der Waals surface area (Å²) in [5.41, 5.74) is 0.907. The molecule has 2 atom stereocenters. The lowest BCUT2D eigenvalue weighted by Gasteiger charge is -2.43. The Labute approximate surface area is 210 Å².